The molecule has 2 saturated heterocycles. The number of para-hydroxylation sites is 1. The third-order valence-electron chi connectivity index (χ3n) is 6.52. The van der Waals surface area contributed by atoms with Gasteiger partial charge in [0, 0.05) is 43.0 Å². The van der Waals surface area contributed by atoms with E-state index in [9.17, 15) is 0 Å². The lowest BCUT2D eigenvalue weighted by Crippen LogP contribution is -2.37. The van der Waals surface area contributed by atoms with Gasteiger partial charge in [-0.2, -0.15) is 0 Å². The molecule has 180 valence electrons. The van der Waals surface area contributed by atoms with Crippen molar-refractivity contribution in [2.45, 2.75) is 18.9 Å². The highest BCUT2D eigenvalue weighted by Gasteiger charge is 2.22. The lowest BCUT2D eigenvalue weighted by atomic mass is 10.0. The van der Waals surface area contributed by atoms with Gasteiger partial charge in [-0.05, 0) is 49.7 Å². The highest BCUT2D eigenvalue weighted by Crippen LogP contribution is 2.33. The first-order valence-electron chi connectivity index (χ1n) is 11.8. The zero-order valence-electron chi connectivity index (χ0n) is 19.0. The molecule has 7 nitrogen and oxygen atoms in total. The molecule has 1 aromatic heterocycles. The lowest BCUT2D eigenvalue weighted by molar-refractivity contribution is 0.122. The molecule has 5 rings (SSSR count). The molecule has 0 spiro atoms. The second-order valence-corrected chi connectivity index (χ2v) is 8.74. The third-order valence-corrected chi connectivity index (χ3v) is 6.52. The van der Waals surface area contributed by atoms with Gasteiger partial charge in [-0.3, -0.25) is 0 Å². The fourth-order valence-electron chi connectivity index (χ4n) is 4.66. The van der Waals surface area contributed by atoms with Gasteiger partial charge in [0.1, 0.15) is 23.1 Å². The maximum Gasteiger partial charge on any atom is 0.150 e. The van der Waals surface area contributed by atoms with Crippen LogP contribution in [0.5, 0.6) is 0 Å². The van der Waals surface area contributed by atoms with Crippen LogP contribution in [0, 0.1) is 11.6 Å². The van der Waals surface area contributed by atoms with Gasteiger partial charge in [-0.15, -0.1) is 0 Å². The Morgan fingerprint density at radius 2 is 1.91 bits per heavy atom. The number of piperidine rings is 1. The van der Waals surface area contributed by atoms with E-state index in [2.05, 4.69) is 15.6 Å². The number of halogens is 2. The van der Waals surface area contributed by atoms with Crippen LogP contribution in [0.2, 0.25) is 0 Å². The van der Waals surface area contributed by atoms with Gasteiger partial charge in [-0.25, -0.2) is 13.8 Å². The molecule has 0 saturated carbocycles. The second-order valence-electron chi connectivity index (χ2n) is 8.74. The largest absolute Gasteiger partial charge is 0.388 e. The molecule has 0 radical (unpaired) electrons. The fraction of sp³-hybridized carbons (Fsp3) is 0.400. The number of benzene rings is 2. The quantitative estimate of drug-likeness (QED) is 0.445. The van der Waals surface area contributed by atoms with Crippen LogP contribution in [-0.2, 0) is 4.74 Å². The Morgan fingerprint density at radius 3 is 2.62 bits per heavy atom. The van der Waals surface area contributed by atoms with Crippen molar-refractivity contribution in [1.82, 2.24) is 20.6 Å². The van der Waals surface area contributed by atoms with Crippen molar-refractivity contribution in [2.75, 3.05) is 50.8 Å². The van der Waals surface area contributed by atoms with Crippen LogP contribution >= 0.6 is 0 Å². The normalized spacial score (nSPS) is 18.0. The smallest absolute Gasteiger partial charge is 0.150 e. The molecule has 0 bridgehead atoms. The van der Waals surface area contributed by atoms with E-state index in [1.54, 1.807) is 4.90 Å². The van der Waals surface area contributed by atoms with Gasteiger partial charge in [0.15, 0.2) is 0 Å². The first kappa shape index (κ1) is 22.8. The van der Waals surface area contributed by atoms with E-state index < -0.39 is 11.6 Å². The predicted octanol–water partition coefficient (Wildman–Crippen LogP) is 2.99. The number of anilines is 1. The fourth-order valence-corrected chi connectivity index (χ4v) is 4.66. The number of H-pyrrole nitrogens is 1. The number of nitrogens with zero attached hydrogens (tertiary/aromatic N) is 2. The molecule has 34 heavy (non-hydrogen) atoms. The molecule has 0 aliphatic carbocycles. The standard InChI is InChI=1S/C25H30F2N6O/c26-20-12-16(13-21(27)24(20)33-8-10-34-11-9-33)19-2-1-3-22-23(19)32-25(31-22)17(14-28)15-30-18-4-6-29-7-5-18/h1-3,12-13,15,18,29-30H,4-11,14,28H2,(H,31,32)/b17-15+. The zero-order valence-corrected chi connectivity index (χ0v) is 19.0. The molecular formula is C25H30F2N6O. The summed E-state index contributed by atoms with van der Waals surface area (Å²) >= 11 is 0. The number of fused-ring (bicyclic) bond motifs is 1. The molecular weight excluding hydrogens is 438 g/mol. The number of rotatable bonds is 6. The maximum atomic E-state index is 15.1. The van der Waals surface area contributed by atoms with Gasteiger partial charge < -0.3 is 31.0 Å². The van der Waals surface area contributed by atoms with E-state index in [-0.39, 0.29) is 5.69 Å². The predicted molar refractivity (Wildman–Crippen MR) is 131 cm³/mol. The van der Waals surface area contributed by atoms with Gasteiger partial charge >= 0.3 is 0 Å². The number of hydrogen-bond acceptors (Lipinski definition) is 6. The number of aromatic amines is 1. The summed E-state index contributed by atoms with van der Waals surface area (Å²) in [5.41, 5.74) is 9.41. The van der Waals surface area contributed by atoms with Crippen molar-refractivity contribution >= 4 is 22.3 Å². The molecule has 0 atom stereocenters. The summed E-state index contributed by atoms with van der Waals surface area (Å²) in [7, 11) is 0. The van der Waals surface area contributed by atoms with Crippen LogP contribution < -0.4 is 21.3 Å². The number of imidazole rings is 1. The Morgan fingerprint density at radius 1 is 1.18 bits per heavy atom. The van der Waals surface area contributed by atoms with Crippen LogP contribution in [0.15, 0.2) is 36.5 Å². The van der Waals surface area contributed by atoms with Crippen LogP contribution in [-0.4, -0.2) is 61.9 Å². The average molecular weight is 469 g/mol. The van der Waals surface area contributed by atoms with Crippen LogP contribution in [0.1, 0.15) is 18.7 Å². The van der Waals surface area contributed by atoms with Gasteiger partial charge in [0.2, 0.25) is 0 Å². The topological polar surface area (TPSA) is 91.2 Å². The summed E-state index contributed by atoms with van der Waals surface area (Å²) in [6.07, 6.45) is 4.04. The van der Waals surface area contributed by atoms with E-state index >= 15 is 8.78 Å². The number of aromatic nitrogens is 2. The third kappa shape index (κ3) is 4.64. The minimum atomic E-state index is -0.585. The van der Waals surface area contributed by atoms with Gasteiger partial charge in [-0.1, -0.05) is 12.1 Å². The van der Waals surface area contributed by atoms with Crippen molar-refractivity contribution < 1.29 is 13.5 Å². The number of hydrogen-bond donors (Lipinski definition) is 4. The first-order chi connectivity index (χ1) is 16.6. The molecule has 3 heterocycles. The van der Waals surface area contributed by atoms with Gasteiger partial charge in [0.05, 0.1) is 24.2 Å². The Kier molecular flexibility index (Phi) is 6.75. The number of morpholine rings is 1. The molecule has 0 unspecified atom stereocenters. The van der Waals surface area contributed by atoms with Crippen molar-refractivity contribution in [3.05, 3.63) is 54.0 Å². The Labute approximate surface area is 197 Å². The summed E-state index contributed by atoms with van der Waals surface area (Å²) in [6.45, 7) is 4.14. The molecule has 0 amide bonds. The van der Waals surface area contributed by atoms with E-state index in [0.29, 0.717) is 61.4 Å². The van der Waals surface area contributed by atoms with Crippen molar-refractivity contribution in [3.8, 4) is 11.1 Å². The van der Waals surface area contributed by atoms with Crippen molar-refractivity contribution in [3.63, 3.8) is 0 Å². The van der Waals surface area contributed by atoms with Crippen LogP contribution in [0.3, 0.4) is 0 Å². The number of nitrogens with one attached hydrogen (secondary N) is 3. The zero-order chi connectivity index (χ0) is 23.5. The summed E-state index contributed by atoms with van der Waals surface area (Å²) in [5, 5.41) is 6.81. The Balaban J connectivity index is 1.46. The molecule has 2 aliphatic rings. The average Bonchev–Trinajstić information content (AvgIpc) is 3.29. The lowest BCUT2D eigenvalue weighted by Gasteiger charge is -2.29. The molecule has 3 aromatic rings. The molecule has 9 heteroatoms. The number of nitrogens with two attached hydrogens (primary N) is 1. The number of ether oxygens (including phenoxy) is 1. The second kappa shape index (κ2) is 10.1. The molecule has 5 N–H and O–H groups in total. The van der Waals surface area contributed by atoms with E-state index in [4.69, 9.17) is 15.5 Å². The molecule has 2 aromatic carbocycles. The summed E-state index contributed by atoms with van der Waals surface area (Å²) in [6, 6.07) is 8.75. The van der Waals surface area contributed by atoms with E-state index in [0.717, 1.165) is 37.0 Å². The summed E-state index contributed by atoms with van der Waals surface area (Å²) in [5.74, 6) is -0.519. The maximum absolute atomic E-state index is 15.1. The van der Waals surface area contributed by atoms with Crippen molar-refractivity contribution in [2.24, 2.45) is 5.73 Å². The summed E-state index contributed by atoms with van der Waals surface area (Å²) < 4.78 is 35.4. The monoisotopic (exact) mass is 468 g/mol. The van der Waals surface area contributed by atoms with Crippen LogP contribution in [0.25, 0.3) is 27.7 Å². The van der Waals surface area contributed by atoms with E-state index in [1.807, 2.05) is 24.4 Å². The van der Waals surface area contributed by atoms with E-state index in [1.165, 1.54) is 12.1 Å². The Bertz CT molecular complexity index is 1160. The Hall–Kier alpha value is -3.01. The van der Waals surface area contributed by atoms with Crippen LogP contribution in [0.4, 0.5) is 14.5 Å². The first-order valence-corrected chi connectivity index (χ1v) is 11.8. The minimum Gasteiger partial charge on any atom is -0.388 e. The highest BCUT2D eigenvalue weighted by atomic mass is 19.1. The minimum absolute atomic E-state index is 0.000666. The molecule has 2 aliphatic heterocycles. The highest BCUT2D eigenvalue weighted by molar-refractivity contribution is 5.93. The molecule has 2 fully saturated rings. The SMILES string of the molecule is NC/C(=C\NC1CCNCC1)c1nc2c(-c3cc(F)c(N4CCOCC4)c(F)c3)cccc2[nH]1. The van der Waals surface area contributed by atoms with Gasteiger partial charge in [0.25, 0.3) is 0 Å². The van der Waals surface area contributed by atoms with Crippen molar-refractivity contribution in [1.29, 1.82) is 0 Å². The summed E-state index contributed by atoms with van der Waals surface area (Å²) in [4.78, 5) is 9.78.